The van der Waals surface area contributed by atoms with Crippen LogP contribution in [0.1, 0.15) is 24.1 Å². The van der Waals surface area contributed by atoms with Crippen LogP contribution in [0.3, 0.4) is 0 Å². The number of amides is 2. The minimum atomic E-state index is -0.446. The summed E-state index contributed by atoms with van der Waals surface area (Å²) in [6.07, 6.45) is 1.48. The molecular weight excluding hydrogens is 477 g/mol. The summed E-state index contributed by atoms with van der Waals surface area (Å²) < 4.78 is 10.9. The molecule has 0 bridgehead atoms. The van der Waals surface area contributed by atoms with Gasteiger partial charge in [-0.2, -0.15) is 5.10 Å². The van der Waals surface area contributed by atoms with Gasteiger partial charge in [-0.15, -0.1) is 0 Å². The molecule has 1 atom stereocenters. The Morgan fingerprint density at radius 3 is 2.35 bits per heavy atom. The standard InChI is InChI=1S/C25H23Cl2N3O4/c1-17(19-5-3-2-4-6-19)29-24(31)15-33-21-10-7-18(8-11-21)14-28-30-25(32)16-34-23-12-9-20(26)13-22(23)27/h2-14,17H,15-16H2,1H3,(H,29,31)(H,30,32)/b28-14-/t17-/m0/s1. The summed E-state index contributed by atoms with van der Waals surface area (Å²) in [6.45, 7) is 1.56. The Morgan fingerprint density at radius 1 is 0.941 bits per heavy atom. The van der Waals surface area contributed by atoms with Gasteiger partial charge < -0.3 is 14.8 Å². The van der Waals surface area contributed by atoms with Crippen LogP contribution in [-0.4, -0.2) is 31.2 Å². The third-order valence-corrected chi connectivity index (χ3v) is 5.11. The molecule has 0 aliphatic rings. The molecule has 176 valence electrons. The third kappa shape index (κ3) is 8.10. The lowest BCUT2D eigenvalue weighted by Crippen LogP contribution is -2.31. The largest absolute Gasteiger partial charge is 0.484 e. The number of carbonyl (C=O) groups is 2. The van der Waals surface area contributed by atoms with E-state index in [4.69, 9.17) is 32.7 Å². The molecule has 0 spiro atoms. The summed E-state index contributed by atoms with van der Waals surface area (Å²) in [4.78, 5) is 24.0. The van der Waals surface area contributed by atoms with Crippen LogP contribution >= 0.6 is 23.2 Å². The molecule has 0 aromatic heterocycles. The van der Waals surface area contributed by atoms with Crippen molar-refractivity contribution >= 4 is 41.2 Å². The van der Waals surface area contributed by atoms with Gasteiger partial charge in [-0.25, -0.2) is 5.43 Å². The smallest absolute Gasteiger partial charge is 0.277 e. The average Bonchev–Trinajstić information content (AvgIpc) is 2.83. The zero-order chi connectivity index (χ0) is 24.3. The van der Waals surface area contributed by atoms with Gasteiger partial charge in [-0.1, -0.05) is 53.5 Å². The Morgan fingerprint density at radius 2 is 1.65 bits per heavy atom. The van der Waals surface area contributed by atoms with E-state index in [1.54, 1.807) is 36.4 Å². The van der Waals surface area contributed by atoms with Gasteiger partial charge >= 0.3 is 0 Å². The lowest BCUT2D eigenvalue weighted by Gasteiger charge is -2.14. The Hall–Kier alpha value is -3.55. The van der Waals surface area contributed by atoms with E-state index in [9.17, 15) is 9.59 Å². The van der Waals surface area contributed by atoms with E-state index in [0.29, 0.717) is 21.5 Å². The van der Waals surface area contributed by atoms with Crippen molar-refractivity contribution in [2.45, 2.75) is 13.0 Å². The van der Waals surface area contributed by atoms with Crippen molar-refractivity contribution in [2.24, 2.45) is 5.10 Å². The average molecular weight is 500 g/mol. The van der Waals surface area contributed by atoms with Crippen LogP contribution in [0, 0.1) is 0 Å². The van der Waals surface area contributed by atoms with E-state index < -0.39 is 5.91 Å². The van der Waals surface area contributed by atoms with Crippen LogP contribution in [0.5, 0.6) is 11.5 Å². The maximum Gasteiger partial charge on any atom is 0.277 e. The second-order valence-electron chi connectivity index (χ2n) is 7.21. The van der Waals surface area contributed by atoms with Gasteiger partial charge in [0, 0.05) is 5.02 Å². The molecule has 0 fully saturated rings. The van der Waals surface area contributed by atoms with Gasteiger partial charge in [0.1, 0.15) is 11.5 Å². The maximum absolute atomic E-state index is 12.1. The van der Waals surface area contributed by atoms with E-state index in [1.807, 2.05) is 37.3 Å². The molecule has 34 heavy (non-hydrogen) atoms. The Kier molecular flexibility index (Phi) is 9.31. The van der Waals surface area contributed by atoms with Crippen LogP contribution in [-0.2, 0) is 9.59 Å². The van der Waals surface area contributed by atoms with Gasteiger partial charge in [0.25, 0.3) is 11.8 Å². The second kappa shape index (κ2) is 12.6. The molecule has 3 aromatic carbocycles. The number of nitrogens with one attached hydrogen (secondary N) is 2. The third-order valence-electron chi connectivity index (χ3n) is 4.58. The fraction of sp³-hybridized carbons (Fsp3) is 0.160. The van der Waals surface area contributed by atoms with Crippen LogP contribution < -0.4 is 20.2 Å². The van der Waals surface area contributed by atoms with Gasteiger partial charge in [-0.3, -0.25) is 9.59 Å². The van der Waals surface area contributed by atoms with Crippen LogP contribution in [0.25, 0.3) is 0 Å². The van der Waals surface area contributed by atoms with Gasteiger partial charge in [0.05, 0.1) is 17.3 Å². The van der Waals surface area contributed by atoms with E-state index in [2.05, 4.69) is 15.8 Å². The first-order valence-corrected chi connectivity index (χ1v) is 11.1. The molecular formula is C25H23Cl2N3O4. The van der Waals surface area contributed by atoms with E-state index >= 15 is 0 Å². The summed E-state index contributed by atoms with van der Waals surface area (Å²) in [6, 6.07) is 21.2. The topological polar surface area (TPSA) is 89.0 Å². The zero-order valence-electron chi connectivity index (χ0n) is 18.3. The Labute approximate surface area is 207 Å². The molecule has 0 heterocycles. The number of rotatable bonds is 10. The number of hydrogen-bond acceptors (Lipinski definition) is 5. The molecule has 7 nitrogen and oxygen atoms in total. The molecule has 3 rings (SSSR count). The molecule has 0 aliphatic heterocycles. The van der Waals surface area contributed by atoms with Crippen LogP contribution in [0.15, 0.2) is 77.9 Å². The quantitative estimate of drug-likeness (QED) is 0.310. The predicted octanol–water partition coefficient (Wildman–Crippen LogP) is 4.78. The Balaban J connectivity index is 1.39. The minimum absolute atomic E-state index is 0.0989. The number of hydrazone groups is 1. The predicted molar refractivity (Wildman–Crippen MR) is 133 cm³/mol. The van der Waals surface area contributed by atoms with Crippen LogP contribution in [0.2, 0.25) is 10.0 Å². The first-order valence-electron chi connectivity index (χ1n) is 10.4. The van der Waals surface area contributed by atoms with Crippen molar-refractivity contribution in [1.82, 2.24) is 10.7 Å². The normalized spacial score (nSPS) is 11.6. The number of carbonyl (C=O) groups excluding carboxylic acids is 2. The number of halogens is 2. The number of ether oxygens (including phenoxy) is 2. The fourth-order valence-electron chi connectivity index (χ4n) is 2.85. The summed E-state index contributed by atoms with van der Waals surface area (Å²) in [5, 5.41) is 7.58. The summed E-state index contributed by atoms with van der Waals surface area (Å²) in [5.74, 6) is 0.228. The molecule has 2 N–H and O–H groups in total. The summed E-state index contributed by atoms with van der Waals surface area (Å²) >= 11 is 11.8. The molecule has 0 radical (unpaired) electrons. The van der Waals surface area contributed by atoms with E-state index in [1.165, 1.54) is 12.3 Å². The molecule has 3 aromatic rings. The second-order valence-corrected chi connectivity index (χ2v) is 8.06. The van der Waals surface area contributed by atoms with Crippen molar-refractivity contribution < 1.29 is 19.1 Å². The molecule has 9 heteroatoms. The summed E-state index contributed by atoms with van der Waals surface area (Å²) in [7, 11) is 0. The van der Waals surface area contributed by atoms with Gasteiger partial charge in [-0.05, 0) is 60.5 Å². The van der Waals surface area contributed by atoms with E-state index in [-0.39, 0.29) is 25.2 Å². The highest BCUT2D eigenvalue weighted by molar-refractivity contribution is 6.35. The zero-order valence-corrected chi connectivity index (χ0v) is 19.8. The molecule has 0 saturated heterocycles. The van der Waals surface area contributed by atoms with E-state index in [0.717, 1.165) is 11.1 Å². The molecule has 0 saturated carbocycles. The van der Waals surface area contributed by atoms with Crippen LogP contribution in [0.4, 0.5) is 0 Å². The fourth-order valence-corrected chi connectivity index (χ4v) is 3.32. The number of hydrogen-bond donors (Lipinski definition) is 2. The highest BCUT2D eigenvalue weighted by Gasteiger charge is 2.10. The van der Waals surface area contributed by atoms with Crippen molar-refractivity contribution in [3.8, 4) is 11.5 Å². The highest BCUT2D eigenvalue weighted by atomic mass is 35.5. The van der Waals surface area contributed by atoms with Gasteiger partial charge in [0.2, 0.25) is 0 Å². The van der Waals surface area contributed by atoms with Gasteiger partial charge in [0.15, 0.2) is 13.2 Å². The SMILES string of the molecule is C[C@H](NC(=O)COc1ccc(/C=N\NC(=O)COc2ccc(Cl)cc2Cl)cc1)c1ccccc1. The number of nitrogens with zero attached hydrogens (tertiary/aromatic N) is 1. The Bertz CT molecular complexity index is 1140. The first-order chi connectivity index (χ1) is 16.4. The molecule has 2 amide bonds. The lowest BCUT2D eigenvalue weighted by atomic mass is 10.1. The highest BCUT2D eigenvalue weighted by Crippen LogP contribution is 2.27. The van der Waals surface area contributed by atoms with Crippen molar-refractivity contribution in [3.63, 3.8) is 0 Å². The first kappa shape index (κ1) is 25.1. The maximum atomic E-state index is 12.1. The minimum Gasteiger partial charge on any atom is -0.484 e. The van der Waals surface area contributed by atoms with Crippen molar-refractivity contribution in [1.29, 1.82) is 0 Å². The summed E-state index contributed by atoms with van der Waals surface area (Å²) in [5.41, 5.74) is 4.12. The lowest BCUT2D eigenvalue weighted by molar-refractivity contribution is -0.124. The monoisotopic (exact) mass is 499 g/mol. The number of benzene rings is 3. The molecule has 0 unspecified atom stereocenters. The van der Waals surface area contributed by atoms with Crippen molar-refractivity contribution in [2.75, 3.05) is 13.2 Å². The molecule has 0 aliphatic carbocycles. The van der Waals surface area contributed by atoms with Crippen molar-refractivity contribution in [3.05, 3.63) is 94.0 Å².